The highest BCUT2D eigenvalue weighted by Gasteiger charge is 2.28. The SMILES string of the molecule is CC(C)CN[C@H]1C[C@H](C)N(C)C[C@@H]1C. The van der Waals surface area contributed by atoms with E-state index in [4.69, 9.17) is 0 Å². The average Bonchev–Trinajstić information content (AvgIpc) is 2.09. The lowest BCUT2D eigenvalue weighted by Gasteiger charge is -2.40. The molecule has 0 bridgehead atoms. The van der Waals surface area contributed by atoms with Gasteiger partial charge in [-0.1, -0.05) is 20.8 Å². The number of hydrogen-bond donors (Lipinski definition) is 1. The zero-order valence-electron chi connectivity index (χ0n) is 10.4. The molecule has 0 spiro atoms. The summed E-state index contributed by atoms with van der Waals surface area (Å²) in [6, 6.07) is 1.46. The van der Waals surface area contributed by atoms with E-state index >= 15 is 0 Å². The maximum absolute atomic E-state index is 3.70. The van der Waals surface area contributed by atoms with Gasteiger partial charge in [-0.2, -0.15) is 0 Å². The molecular formula is C12H26N2. The van der Waals surface area contributed by atoms with Crippen molar-refractivity contribution < 1.29 is 0 Å². The summed E-state index contributed by atoms with van der Waals surface area (Å²) in [4.78, 5) is 2.47. The van der Waals surface area contributed by atoms with E-state index in [1.165, 1.54) is 13.0 Å². The van der Waals surface area contributed by atoms with Gasteiger partial charge >= 0.3 is 0 Å². The quantitative estimate of drug-likeness (QED) is 0.746. The Bertz CT molecular complexity index is 168. The monoisotopic (exact) mass is 198 g/mol. The van der Waals surface area contributed by atoms with Crippen molar-refractivity contribution >= 4 is 0 Å². The molecule has 0 aliphatic carbocycles. The van der Waals surface area contributed by atoms with Gasteiger partial charge in [0.05, 0.1) is 0 Å². The summed E-state index contributed by atoms with van der Waals surface area (Å²) in [5.41, 5.74) is 0. The van der Waals surface area contributed by atoms with Gasteiger partial charge in [0.1, 0.15) is 0 Å². The van der Waals surface area contributed by atoms with Crippen LogP contribution in [0.2, 0.25) is 0 Å². The maximum Gasteiger partial charge on any atom is 0.0120 e. The summed E-state index contributed by atoms with van der Waals surface area (Å²) in [5.74, 6) is 1.55. The highest BCUT2D eigenvalue weighted by atomic mass is 15.2. The van der Waals surface area contributed by atoms with E-state index < -0.39 is 0 Å². The number of nitrogens with zero attached hydrogens (tertiary/aromatic N) is 1. The second-order valence-corrected chi connectivity index (χ2v) is 5.41. The standard InChI is InChI=1S/C12H26N2/c1-9(2)7-13-12-6-11(4)14(5)8-10(12)3/h9-13H,6-8H2,1-5H3/t10-,11-,12-/m0/s1. The Morgan fingerprint density at radius 1 is 1.36 bits per heavy atom. The summed E-state index contributed by atoms with van der Waals surface area (Å²) >= 11 is 0. The fourth-order valence-corrected chi connectivity index (χ4v) is 2.21. The molecule has 1 N–H and O–H groups in total. The van der Waals surface area contributed by atoms with Crippen LogP contribution >= 0.6 is 0 Å². The lowest BCUT2D eigenvalue weighted by Crippen LogP contribution is -2.51. The Kier molecular flexibility index (Phi) is 4.39. The third-order valence-electron chi connectivity index (χ3n) is 3.40. The predicted molar refractivity (Wildman–Crippen MR) is 62.5 cm³/mol. The van der Waals surface area contributed by atoms with Crippen LogP contribution in [0.4, 0.5) is 0 Å². The number of likely N-dealkylation sites (tertiary alicyclic amines) is 1. The van der Waals surface area contributed by atoms with Crippen LogP contribution in [0.1, 0.15) is 34.1 Å². The molecule has 1 heterocycles. The van der Waals surface area contributed by atoms with E-state index in [9.17, 15) is 0 Å². The second-order valence-electron chi connectivity index (χ2n) is 5.41. The minimum absolute atomic E-state index is 0.726. The molecule has 84 valence electrons. The zero-order chi connectivity index (χ0) is 10.7. The molecule has 2 heteroatoms. The highest BCUT2D eigenvalue weighted by Crippen LogP contribution is 2.20. The molecule has 0 unspecified atom stereocenters. The normalized spacial score (nSPS) is 35.1. The van der Waals surface area contributed by atoms with Gasteiger partial charge in [0.25, 0.3) is 0 Å². The molecule has 0 amide bonds. The third kappa shape index (κ3) is 3.25. The topological polar surface area (TPSA) is 15.3 Å². The lowest BCUT2D eigenvalue weighted by molar-refractivity contribution is 0.120. The van der Waals surface area contributed by atoms with E-state index in [1.54, 1.807) is 0 Å². The molecule has 1 fully saturated rings. The van der Waals surface area contributed by atoms with Crippen molar-refractivity contribution in [1.82, 2.24) is 10.2 Å². The number of nitrogens with one attached hydrogen (secondary N) is 1. The van der Waals surface area contributed by atoms with E-state index in [0.29, 0.717) is 0 Å². The Balaban J connectivity index is 2.37. The third-order valence-corrected chi connectivity index (χ3v) is 3.40. The van der Waals surface area contributed by atoms with E-state index in [1.807, 2.05) is 0 Å². The van der Waals surface area contributed by atoms with Crippen LogP contribution in [-0.4, -0.2) is 37.1 Å². The van der Waals surface area contributed by atoms with Crippen molar-refractivity contribution in [3.8, 4) is 0 Å². The van der Waals surface area contributed by atoms with Crippen molar-refractivity contribution in [2.45, 2.75) is 46.2 Å². The van der Waals surface area contributed by atoms with Crippen LogP contribution in [0, 0.1) is 11.8 Å². The fraction of sp³-hybridized carbons (Fsp3) is 1.00. The molecule has 1 saturated heterocycles. The summed E-state index contributed by atoms with van der Waals surface area (Å²) in [6.45, 7) is 11.6. The van der Waals surface area contributed by atoms with Crippen LogP contribution in [0.15, 0.2) is 0 Å². The molecule has 0 aromatic carbocycles. The van der Waals surface area contributed by atoms with Gasteiger partial charge in [-0.05, 0) is 38.8 Å². The first-order valence-electron chi connectivity index (χ1n) is 5.94. The predicted octanol–water partition coefficient (Wildman–Crippen LogP) is 1.96. The number of piperidine rings is 1. The highest BCUT2D eigenvalue weighted by molar-refractivity contribution is 4.86. The molecule has 1 aliphatic rings. The summed E-state index contributed by atoms with van der Waals surface area (Å²) < 4.78 is 0. The van der Waals surface area contributed by atoms with Gasteiger partial charge in [-0.25, -0.2) is 0 Å². The number of hydrogen-bond acceptors (Lipinski definition) is 2. The number of rotatable bonds is 3. The Morgan fingerprint density at radius 2 is 2.00 bits per heavy atom. The molecule has 1 aliphatic heterocycles. The van der Waals surface area contributed by atoms with Crippen molar-refractivity contribution in [2.75, 3.05) is 20.1 Å². The van der Waals surface area contributed by atoms with Crippen molar-refractivity contribution in [3.63, 3.8) is 0 Å². The first-order valence-corrected chi connectivity index (χ1v) is 5.94. The van der Waals surface area contributed by atoms with E-state index in [-0.39, 0.29) is 0 Å². The molecule has 0 radical (unpaired) electrons. The lowest BCUT2D eigenvalue weighted by atomic mass is 9.89. The van der Waals surface area contributed by atoms with Crippen LogP contribution in [0.5, 0.6) is 0 Å². The summed E-state index contributed by atoms with van der Waals surface area (Å²) in [6.07, 6.45) is 1.30. The Labute approximate surface area is 89.1 Å². The Hall–Kier alpha value is -0.0800. The van der Waals surface area contributed by atoms with Crippen molar-refractivity contribution in [2.24, 2.45) is 11.8 Å². The van der Waals surface area contributed by atoms with Gasteiger partial charge in [0.15, 0.2) is 0 Å². The molecule has 3 atom stereocenters. The molecular weight excluding hydrogens is 172 g/mol. The van der Waals surface area contributed by atoms with E-state index in [0.717, 1.165) is 30.5 Å². The van der Waals surface area contributed by atoms with Gasteiger partial charge < -0.3 is 10.2 Å². The molecule has 1 rings (SSSR count). The van der Waals surface area contributed by atoms with Crippen molar-refractivity contribution in [1.29, 1.82) is 0 Å². The molecule has 14 heavy (non-hydrogen) atoms. The van der Waals surface area contributed by atoms with Crippen LogP contribution < -0.4 is 5.32 Å². The average molecular weight is 198 g/mol. The maximum atomic E-state index is 3.70. The summed E-state index contributed by atoms with van der Waals surface area (Å²) in [7, 11) is 2.24. The van der Waals surface area contributed by atoms with Gasteiger partial charge in [0, 0.05) is 18.6 Å². The minimum atomic E-state index is 0.726. The molecule has 0 saturated carbocycles. The van der Waals surface area contributed by atoms with Crippen LogP contribution in [0.3, 0.4) is 0 Å². The second kappa shape index (κ2) is 5.13. The first-order chi connectivity index (χ1) is 6.50. The summed E-state index contributed by atoms with van der Waals surface area (Å²) in [5, 5.41) is 3.70. The first kappa shape index (κ1) is 12.0. The van der Waals surface area contributed by atoms with Crippen molar-refractivity contribution in [3.05, 3.63) is 0 Å². The van der Waals surface area contributed by atoms with Crippen LogP contribution in [-0.2, 0) is 0 Å². The van der Waals surface area contributed by atoms with Crippen LogP contribution in [0.25, 0.3) is 0 Å². The van der Waals surface area contributed by atoms with E-state index in [2.05, 4.69) is 45.0 Å². The smallest absolute Gasteiger partial charge is 0.0120 e. The van der Waals surface area contributed by atoms with Gasteiger partial charge in [0.2, 0.25) is 0 Å². The molecule has 2 nitrogen and oxygen atoms in total. The minimum Gasteiger partial charge on any atom is -0.313 e. The Morgan fingerprint density at radius 3 is 2.57 bits per heavy atom. The van der Waals surface area contributed by atoms with Gasteiger partial charge in [-0.15, -0.1) is 0 Å². The molecule has 0 aromatic rings. The molecule has 0 aromatic heterocycles. The fourth-order valence-electron chi connectivity index (χ4n) is 2.21. The largest absolute Gasteiger partial charge is 0.313 e. The van der Waals surface area contributed by atoms with Gasteiger partial charge in [-0.3, -0.25) is 0 Å². The zero-order valence-corrected chi connectivity index (χ0v) is 10.4.